The van der Waals surface area contributed by atoms with E-state index in [9.17, 15) is 0 Å². The molecular formula is C9H12IN. The van der Waals surface area contributed by atoms with Crippen LogP contribution in [0.4, 0.5) is 0 Å². The highest BCUT2D eigenvalue weighted by Gasteiger charge is 2.21. The lowest BCUT2D eigenvalue weighted by molar-refractivity contribution is 0.432. The fourth-order valence-electron chi connectivity index (χ4n) is 1.45. The van der Waals surface area contributed by atoms with Crippen molar-refractivity contribution in [2.24, 2.45) is 5.92 Å². The van der Waals surface area contributed by atoms with Gasteiger partial charge in [-0.05, 0) is 31.6 Å². The Morgan fingerprint density at radius 3 is 2.55 bits per heavy atom. The molecule has 0 N–H and O–H groups in total. The van der Waals surface area contributed by atoms with Gasteiger partial charge in [-0.3, -0.25) is 0 Å². The van der Waals surface area contributed by atoms with E-state index in [-0.39, 0.29) is 3.92 Å². The van der Waals surface area contributed by atoms with Crippen molar-refractivity contribution in [3.8, 4) is 6.07 Å². The topological polar surface area (TPSA) is 23.8 Å². The standard InChI is InChI=1S/C9H12IN/c1-7-2-4-8(5-3-7)9(10)6-11/h8-9H,1-5H2. The summed E-state index contributed by atoms with van der Waals surface area (Å²) in [5.41, 5.74) is 1.36. The van der Waals surface area contributed by atoms with E-state index >= 15 is 0 Å². The van der Waals surface area contributed by atoms with E-state index in [2.05, 4.69) is 35.2 Å². The molecule has 0 radical (unpaired) electrons. The number of allylic oxidation sites excluding steroid dienone is 1. The van der Waals surface area contributed by atoms with Crippen molar-refractivity contribution in [3.05, 3.63) is 12.2 Å². The lowest BCUT2D eigenvalue weighted by Gasteiger charge is -2.23. The Morgan fingerprint density at radius 1 is 1.55 bits per heavy atom. The second-order valence-corrected chi connectivity index (χ2v) is 4.46. The first kappa shape index (κ1) is 9.05. The van der Waals surface area contributed by atoms with Gasteiger partial charge in [0.25, 0.3) is 0 Å². The van der Waals surface area contributed by atoms with Crippen molar-refractivity contribution >= 4 is 22.6 Å². The number of nitriles is 1. The van der Waals surface area contributed by atoms with Crippen LogP contribution >= 0.6 is 22.6 Å². The lowest BCUT2D eigenvalue weighted by Crippen LogP contribution is -2.16. The van der Waals surface area contributed by atoms with Gasteiger partial charge in [-0.25, -0.2) is 0 Å². The predicted octanol–water partition coefficient (Wildman–Crippen LogP) is 3.06. The van der Waals surface area contributed by atoms with Gasteiger partial charge in [-0.15, -0.1) is 0 Å². The molecule has 0 amide bonds. The first-order chi connectivity index (χ1) is 5.24. The molecule has 1 aliphatic carbocycles. The minimum absolute atomic E-state index is 0.209. The SMILES string of the molecule is C=C1CCC(C(I)C#N)CC1. The molecule has 2 heteroatoms. The summed E-state index contributed by atoms with van der Waals surface area (Å²) in [7, 11) is 0. The summed E-state index contributed by atoms with van der Waals surface area (Å²) in [4.78, 5) is 0. The molecule has 1 unspecified atom stereocenters. The number of hydrogen-bond donors (Lipinski definition) is 0. The molecular weight excluding hydrogens is 249 g/mol. The van der Waals surface area contributed by atoms with E-state index < -0.39 is 0 Å². The smallest absolute Gasteiger partial charge is 0.101 e. The summed E-state index contributed by atoms with van der Waals surface area (Å²) in [5, 5.41) is 8.67. The van der Waals surface area contributed by atoms with Gasteiger partial charge in [0.1, 0.15) is 3.92 Å². The van der Waals surface area contributed by atoms with Crippen molar-refractivity contribution in [1.29, 1.82) is 5.26 Å². The third-order valence-electron chi connectivity index (χ3n) is 2.27. The molecule has 1 rings (SSSR count). The summed E-state index contributed by atoms with van der Waals surface area (Å²) in [5.74, 6) is 0.617. The quantitative estimate of drug-likeness (QED) is 0.404. The average molecular weight is 261 g/mol. The van der Waals surface area contributed by atoms with Gasteiger partial charge < -0.3 is 0 Å². The van der Waals surface area contributed by atoms with Crippen molar-refractivity contribution in [2.45, 2.75) is 29.6 Å². The molecule has 1 atom stereocenters. The molecule has 0 bridgehead atoms. The second kappa shape index (κ2) is 4.10. The summed E-state index contributed by atoms with van der Waals surface area (Å²) >= 11 is 2.24. The number of alkyl halides is 1. The van der Waals surface area contributed by atoms with Crippen LogP contribution in [0.5, 0.6) is 0 Å². The molecule has 0 aliphatic heterocycles. The van der Waals surface area contributed by atoms with Crippen LogP contribution < -0.4 is 0 Å². The maximum Gasteiger partial charge on any atom is 0.101 e. The summed E-state index contributed by atoms with van der Waals surface area (Å²) in [6.45, 7) is 3.95. The highest BCUT2D eigenvalue weighted by Crippen LogP contribution is 2.32. The molecule has 0 spiro atoms. The predicted molar refractivity (Wildman–Crippen MR) is 54.5 cm³/mol. The Bertz CT molecular complexity index is 182. The van der Waals surface area contributed by atoms with Crippen LogP contribution in [0.1, 0.15) is 25.7 Å². The van der Waals surface area contributed by atoms with E-state index in [1.54, 1.807) is 0 Å². The maximum atomic E-state index is 8.67. The molecule has 0 aromatic heterocycles. The van der Waals surface area contributed by atoms with Crippen LogP contribution in [0.25, 0.3) is 0 Å². The van der Waals surface area contributed by atoms with E-state index in [0.29, 0.717) is 5.92 Å². The fraction of sp³-hybridized carbons (Fsp3) is 0.667. The van der Waals surface area contributed by atoms with Gasteiger partial charge in [-0.2, -0.15) is 5.26 Å². The van der Waals surface area contributed by atoms with Crippen LogP contribution in [0.3, 0.4) is 0 Å². The summed E-state index contributed by atoms with van der Waals surface area (Å²) < 4.78 is 0.209. The van der Waals surface area contributed by atoms with Crippen LogP contribution in [0, 0.1) is 17.2 Å². The van der Waals surface area contributed by atoms with E-state index in [4.69, 9.17) is 5.26 Å². The van der Waals surface area contributed by atoms with Gasteiger partial charge in [0.15, 0.2) is 0 Å². The summed E-state index contributed by atoms with van der Waals surface area (Å²) in [6, 6.07) is 2.31. The zero-order valence-electron chi connectivity index (χ0n) is 6.52. The minimum Gasteiger partial charge on any atom is -0.197 e. The van der Waals surface area contributed by atoms with Crippen LogP contribution in [0.15, 0.2) is 12.2 Å². The third-order valence-corrected chi connectivity index (χ3v) is 3.57. The molecule has 1 aliphatic rings. The van der Waals surface area contributed by atoms with Gasteiger partial charge in [0.2, 0.25) is 0 Å². The fourth-order valence-corrected chi connectivity index (χ4v) is 2.17. The highest BCUT2D eigenvalue weighted by atomic mass is 127. The van der Waals surface area contributed by atoms with Gasteiger partial charge in [0.05, 0.1) is 6.07 Å². The van der Waals surface area contributed by atoms with Crippen LogP contribution in [-0.4, -0.2) is 3.92 Å². The zero-order chi connectivity index (χ0) is 8.27. The molecule has 0 aromatic rings. The molecule has 1 nitrogen and oxygen atoms in total. The Kier molecular flexibility index (Phi) is 3.38. The van der Waals surface area contributed by atoms with Crippen molar-refractivity contribution in [3.63, 3.8) is 0 Å². The van der Waals surface area contributed by atoms with Gasteiger partial charge in [-0.1, -0.05) is 34.7 Å². The summed E-state index contributed by atoms with van der Waals surface area (Å²) in [6.07, 6.45) is 4.59. The normalized spacial score (nSPS) is 22.7. The lowest BCUT2D eigenvalue weighted by atomic mass is 9.85. The first-order valence-corrected chi connectivity index (χ1v) is 5.19. The number of halogens is 1. The van der Waals surface area contributed by atoms with Crippen molar-refractivity contribution in [2.75, 3.05) is 0 Å². The third kappa shape index (κ3) is 2.48. The van der Waals surface area contributed by atoms with E-state index in [1.165, 1.54) is 18.4 Å². The van der Waals surface area contributed by atoms with E-state index in [0.717, 1.165) is 12.8 Å². The van der Waals surface area contributed by atoms with Gasteiger partial charge in [0, 0.05) is 0 Å². The molecule has 0 heterocycles. The van der Waals surface area contributed by atoms with Crippen LogP contribution in [-0.2, 0) is 0 Å². The monoisotopic (exact) mass is 261 g/mol. The number of rotatable bonds is 1. The Balaban J connectivity index is 2.40. The largest absolute Gasteiger partial charge is 0.197 e. The highest BCUT2D eigenvalue weighted by molar-refractivity contribution is 14.1. The van der Waals surface area contributed by atoms with Gasteiger partial charge >= 0.3 is 0 Å². The molecule has 0 saturated heterocycles. The Hall–Kier alpha value is -0.0400. The second-order valence-electron chi connectivity index (χ2n) is 3.12. The maximum absolute atomic E-state index is 8.67. The van der Waals surface area contributed by atoms with Crippen LogP contribution in [0.2, 0.25) is 0 Å². The zero-order valence-corrected chi connectivity index (χ0v) is 8.67. The van der Waals surface area contributed by atoms with Crippen molar-refractivity contribution < 1.29 is 0 Å². The number of hydrogen-bond acceptors (Lipinski definition) is 1. The van der Waals surface area contributed by atoms with E-state index in [1.807, 2.05) is 0 Å². The minimum atomic E-state index is 0.209. The molecule has 1 fully saturated rings. The average Bonchev–Trinajstić information content (AvgIpc) is 2.05. The molecule has 60 valence electrons. The molecule has 1 saturated carbocycles. The molecule has 11 heavy (non-hydrogen) atoms. The number of nitrogens with zero attached hydrogens (tertiary/aromatic N) is 1. The Labute approximate surface area is 81.6 Å². The van der Waals surface area contributed by atoms with Crippen molar-refractivity contribution in [1.82, 2.24) is 0 Å². The Morgan fingerprint density at radius 2 is 2.09 bits per heavy atom. The first-order valence-electron chi connectivity index (χ1n) is 3.94. The molecule has 0 aromatic carbocycles.